The molecule has 0 bridgehead atoms. The van der Waals surface area contributed by atoms with Crippen molar-refractivity contribution in [3.8, 4) is 0 Å². The molecule has 0 fully saturated rings. The fourth-order valence-electron chi connectivity index (χ4n) is 1.46. The van der Waals surface area contributed by atoms with Crippen molar-refractivity contribution in [1.82, 2.24) is 15.1 Å². The zero-order valence-corrected chi connectivity index (χ0v) is 10.1. The Morgan fingerprint density at radius 3 is 2.60 bits per heavy atom. The Balaban J connectivity index is 2.06. The average Bonchev–Trinajstić information content (AvgIpc) is 2.90. The third-order valence-electron chi connectivity index (χ3n) is 2.36. The maximum Gasteiger partial charge on any atom is 0.416 e. The van der Waals surface area contributed by atoms with E-state index in [-0.39, 0.29) is 11.6 Å². The van der Waals surface area contributed by atoms with Gasteiger partial charge in [0.2, 0.25) is 6.39 Å². The summed E-state index contributed by atoms with van der Waals surface area (Å²) in [6, 6.07) is 1.72. The fourth-order valence-corrected chi connectivity index (χ4v) is 1.46. The number of hydrazine groups is 1. The summed E-state index contributed by atoms with van der Waals surface area (Å²) in [6.07, 6.45) is -2.91. The molecular formula is C10H11F3N6O. The normalized spacial score (nSPS) is 11.4. The van der Waals surface area contributed by atoms with E-state index in [1.54, 1.807) is 0 Å². The van der Waals surface area contributed by atoms with Gasteiger partial charge in [-0.05, 0) is 12.1 Å². The lowest BCUT2D eigenvalue weighted by Gasteiger charge is -2.12. The van der Waals surface area contributed by atoms with E-state index in [4.69, 9.17) is 5.84 Å². The maximum absolute atomic E-state index is 12.7. The van der Waals surface area contributed by atoms with Gasteiger partial charge in [0.25, 0.3) is 0 Å². The molecule has 0 saturated heterocycles. The Labute approximate surface area is 111 Å². The molecule has 2 aromatic rings. The van der Waals surface area contributed by atoms with Crippen LogP contribution in [0.1, 0.15) is 11.4 Å². The maximum atomic E-state index is 12.7. The van der Waals surface area contributed by atoms with Crippen molar-refractivity contribution in [3.05, 3.63) is 29.9 Å². The van der Waals surface area contributed by atoms with Crippen molar-refractivity contribution in [2.24, 2.45) is 5.84 Å². The summed E-state index contributed by atoms with van der Waals surface area (Å²) >= 11 is 0. The van der Waals surface area contributed by atoms with Gasteiger partial charge in [0.05, 0.1) is 5.56 Å². The number of hydrogen-bond acceptors (Lipinski definition) is 7. The Morgan fingerprint density at radius 2 is 2.00 bits per heavy atom. The molecule has 2 heterocycles. The summed E-state index contributed by atoms with van der Waals surface area (Å²) in [4.78, 5) is 7.66. The number of nitrogen functional groups attached to an aromatic ring is 1. The lowest BCUT2D eigenvalue weighted by atomic mass is 10.2. The topological polar surface area (TPSA) is 102 Å². The van der Waals surface area contributed by atoms with Gasteiger partial charge in [0.15, 0.2) is 5.82 Å². The first-order chi connectivity index (χ1) is 9.49. The van der Waals surface area contributed by atoms with E-state index in [1.807, 2.05) is 0 Å². The number of nitrogens with two attached hydrogens (primary N) is 1. The van der Waals surface area contributed by atoms with E-state index in [1.165, 1.54) is 6.39 Å². The summed E-state index contributed by atoms with van der Waals surface area (Å²) in [7, 11) is 0. The van der Waals surface area contributed by atoms with Crippen molar-refractivity contribution >= 4 is 11.6 Å². The Bertz CT molecular complexity index is 557. The highest BCUT2D eigenvalue weighted by atomic mass is 19.4. The molecule has 0 spiro atoms. The predicted octanol–water partition coefficient (Wildman–Crippen LogP) is 1.42. The molecule has 0 amide bonds. The van der Waals surface area contributed by atoms with Crippen molar-refractivity contribution < 1.29 is 17.7 Å². The number of alkyl halides is 3. The molecule has 0 radical (unpaired) electrons. The van der Waals surface area contributed by atoms with Crippen LogP contribution in [-0.2, 0) is 12.6 Å². The van der Waals surface area contributed by atoms with Crippen LogP contribution in [-0.4, -0.2) is 21.7 Å². The van der Waals surface area contributed by atoms with Crippen molar-refractivity contribution in [3.63, 3.8) is 0 Å². The lowest BCUT2D eigenvalue weighted by molar-refractivity contribution is -0.137. The van der Waals surface area contributed by atoms with Gasteiger partial charge in [-0.1, -0.05) is 5.16 Å². The number of halogens is 3. The molecule has 0 saturated carbocycles. The zero-order chi connectivity index (χ0) is 14.6. The molecule has 108 valence electrons. The SMILES string of the molecule is NNc1cc(C(F)(F)F)cc(NCCc2ncon2)n1. The van der Waals surface area contributed by atoms with Gasteiger partial charge < -0.3 is 15.3 Å². The van der Waals surface area contributed by atoms with E-state index in [2.05, 4.69) is 30.4 Å². The van der Waals surface area contributed by atoms with Gasteiger partial charge in [-0.3, -0.25) is 0 Å². The van der Waals surface area contributed by atoms with Crippen LogP contribution in [0.15, 0.2) is 23.0 Å². The van der Waals surface area contributed by atoms with Crippen LogP contribution in [0.25, 0.3) is 0 Å². The smallest absolute Gasteiger partial charge is 0.370 e. The monoisotopic (exact) mass is 288 g/mol. The fraction of sp³-hybridized carbons (Fsp3) is 0.300. The van der Waals surface area contributed by atoms with E-state index < -0.39 is 11.7 Å². The van der Waals surface area contributed by atoms with Crippen LogP contribution in [0.2, 0.25) is 0 Å². The lowest BCUT2D eigenvalue weighted by Crippen LogP contribution is -2.15. The first-order valence-electron chi connectivity index (χ1n) is 5.54. The molecule has 20 heavy (non-hydrogen) atoms. The summed E-state index contributed by atoms with van der Waals surface area (Å²) < 4.78 is 42.6. The summed E-state index contributed by atoms with van der Waals surface area (Å²) in [6.45, 7) is 0.303. The van der Waals surface area contributed by atoms with Crippen molar-refractivity contribution in [2.75, 3.05) is 17.3 Å². The standard InChI is InChI=1S/C10H11F3N6O/c11-10(12,13)6-3-8(17-9(4-6)18-14)15-2-1-7-16-5-20-19-7/h3-5H,1-2,14H2,(H2,15,17,18). The van der Waals surface area contributed by atoms with E-state index in [9.17, 15) is 13.2 Å². The minimum atomic E-state index is -4.47. The van der Waals surface area contributed by atoms with E-state index >= 15 is 0 Å². The van der Waals surface area contributed by atoms with Gasteiger partial charge in [0.1, 0.15) is 11.6 Å². The molecule has 2 rings (SSSR count). The van der Waals surface area contributed by atoms with Gasteiger partial charge in [-0.15, -0.1) is 0 Å². The number of rotatable bonds is 5. The van der Waals surface area contributed by atoms with Gasteiger partial charge in [-0.2, -0.15) is 18.2 Å². The third-order valence-corrected chi connectivity index (χ3v) is 2.36. The molecule has 10 heteroatoms. The Hall–Kier alpha value is -2.36. The van der Waals surface area contributed by atoms with Crippen molar-refractivity contribution in [2.45, 2.75) is 12.6 Å². The second-order valence-electron chi connectivity index (χ2n) is 3.79. The molecule has 0 aromatic carbocycles. The molecule has 0 unspecified atom stereocenters. The zero-order valence-electron chi connectivity index (χ0n) is 10.1. The van der Waals surface area contributed by atoms with Gasteiger partial charge >= 0.3 is 6.18 Å². The first kappa shape index (κ1) is 14.1. The average molecular weight is 288 g/mol. The van der Waals surface area contributed by atoms with E-state index in [0.29, 0.717) is 18.8 Å². The van der Waals surface area contributed by atoms with Crippen LogP contribution < -0.4 is 16.6 Å². The van der Waals surface area contributed by atoms with Gasteiger partial charge in [0, 0.05) is 13.0 Å². The second-order valence-corrected chi connectivity index (χ2v) is 3.79. The highest BCUT2D eigenvalue weighted by molar-refractivity contribution is 5.49. The number of aromatic nitrogens is 3. The molecule has 7 nitrogen and oxygen atoms in total. The molecule has 0 aliphatic carbocycles. The molecule has 0 atom stereocenters. The molecule has 2 aromatic heterocycles. The number of hydrogen-bond donors (Lipinski definition) is 3. The Kier molecular flexibility index (Phi) is 4.03. The van der Waals surface area contributed by atoms with Crippen LogP contribution in [0.5, 0.6) is 0 Å². The minimum absolute atomic E-state index is 0.0521. The molecular weight excluding hydrogens is 277 g/mol. The number of nitrogens with one attached hydrogen (secondary N) is 2. The third kappa shape index (κ3) is 3.57. The predicted molar refractivity (Wildman–Crippen MR) is 63.5 cm³/mol. The highest BCUT2D eigenvalue weighted by Gasteiger charge is 2.31. The van der Waals surface area contributed by atoms with Crippen LogP contribution in [0.3, 0.4) is 0 Å². The number of nitrogens with zero attached hydrogens (tertiary/aromatic N) is 3. The summed E-state index contributed by atoms with van der Waals surface area (Å²) in [5.41, 5.74) is 1.25. The molecule has 4 N–H and O–H groups in total. The van der Waals surface area contributed by atoms with Crippen LogP contribution in [0, 0.1) is 0 Å². The largest absolute Gasteiger partial charge is 0.416 e. The van der Waals surface area contributed by atoms with Gasteiger partial charge in [-0.25, -0.2) is 10.8 Å². The van der Waals surface area contributed by atoms with Crippen LogP contribution >= 0.6 is 0 Å². The molecule has 0 aliphatic heterocycles. The summed E-state index contributed by atoms with van der Waals surface area (Å²) in [5.74, 6) is 5.51. The van der Waals surface area contributed by atoms with Crippen molar-refractivity contribution in [1.29, 1.82) is 0 Å². The first-order valence-corrected chi connectivity index (χ1v) is 5.54. The summed E-state index contributed by atoms with van der Waals surface area (Å²) in [5, 5.41) is 6.32. The minimum Gasteiger partial charge on any atom is -0.370 e. The molecule has 0 aliphatic rings. The van der Waals surface area contributed by atoms with E-state index in [0.717, 1.165) is 12.1 Å². The number of pyridine rings is 1. The quantitative estimate of drug-likeness (QED) is 0.565. The van der Waals surface area contributed by atoms with Crippen LogP contribution in [0.4, 0.5) is 24.8 Å². The second kappa shape index (κ2) is 5.74. The Morgan fingerprint density at radius 1 is 1.25 bits per heavy atom. The number of anilines is 2. The highest BCUT2D eigenvalue weighted by Crippen LogP contribution is 2.31.